The standard InChI is InChI=1S/C9H9F3N4O2S/c10-9(11,12)5-4-6(18)14-8-16(5)15-7(19-8)13-2-1-3-17/h4,17H,1-3H2,(H,13,15). The molecule has 0 amide bonds. The molecule has 0 unspecified atom stereocenters. The molecule has 0 aliphatic rings. The van der Waals surface area contributed by atoms with Crippen molar-refractivity contribution in [1.29, 1.82) is 0 Å². The van der Waals surface area contributed by atoms with E-state index in [9.17, 15) is 18.0 Å². The fourth-order valence-electron chi connectivity index (χ4n) is 1.36. The van der Waals surface area contributed by atoms with Crippen molar-refractivity contribution in [1.82, 2.24) is 14.6 Å². The molecule has 0 bridgehead atoms. The van der Waals surface area contributed by atoms with Gasteiger partial charge in [-0.05, 0) is 6.42 Å². The Kier molecular flexibility index (Phi) is 3.71. The van der Waals surface area contributed by atoms with Gasteiger partial charge in [0.25, 0.3) is 5.56 Å². The van der Waals surface area contributed by atoms with Gasteiger partial charge in [0.05, 0.1) is 0 Å². The Morgan fingerprint density at radius 2 is 2.21 bits per heavy atom. The van der Waals surface area contributed by atoms with Gasteiger partial charge in [-0.1, -0.05) is 11.3 Å². The van der Waals surface area contributed by atoms with Crippen LogP contribution in [0.2, 0.25) is 0 Å². The number of nitrogens with one attached hydrogen (secondary N) is 1. The lowest BCUT2D eigenvalue weighted by Crippen LogP contribution is -2.19. The zero-order chi connectivity index (χ0) is 14.0. The SMILES string of the molecule is O=c1cc(C(F)(F)F)n2nc(NCCCO)sc2n1. The maximum absolute atomic E-state index is 12.7. The van der Waals surface area contributed by atoms with Gasteiger partial charge in [0.15, 0.2) is 5.69 Å². The van der Waals surface area contributed by atoms with Crippen LogP contribution < -0.4 is 10.9 Å². The molecule has 0 saturated heterocycles. The van der Waals surface area contributed by atoms with Crippen LogP contribution in [0.1, 0.15) is 12.1 Å². The molecule has 0 saturated carbocycles. The summed E-state index contributed by atoms with van der Waals surface area (Å²) < 4.78 is 38.8. The van der Waals surface area contributed by atoms with Crippen LogP contribution >= 0.6 is 11.3 Å². The first-order valence-electron chi connectivity index (χ1n) is 5.24. The first-order chi connectivity index (χ1) is 8.91. The molecule has 2 rings (SSSR count). The minimum Gasteiger partial charge on any atom is -0.396 e. The Morgan fingerprint density at radius 1 is 1.47 bits per heavy atom. The molecular weight excluding hydrogens is 285 g/mol. The maximum Gasteiger partial charge on any atom is 0.433 e. The molecule has 2 N–H and O–H groups in total. The summed E-state index contributed by atoms with van der Waals surface area (Å²) in [6.07, 6.45) is -4.24. The van der Waals surface area contributed by atoms with Crippen molar-refractivity contribution in [3.05, 3.63) is 22.1 Å². The van der Waals surface area contributed by atoms with E-state index >= 15 is 0 Å². The van der Waals surface area contributed by atoms with E-state index in [1.165, 1.54) is 0 Å². The zero-order valence-corrected chi connectivity index (χ0v) is 10.3. The van der Waals surface area contributed by atoms with Crippen molar-refractivity contribution in [3.63, 3.8) is 0 Å². The number of rotatable bonds is 4. The van der Waals surface area contributed by atoms with E-state index in [0.29, 0.717) is 23.5 Å². The molecule has 0 aromatic carbocycles. The molecule has 0 aliphatic heterocycles. The highest BCUT2D eigenvalue weighted by atomic mass is 32.1. The number of nitrogens with zero attached hydrogens (tertiary/aromatic N) is 3. The van der Waals surface area contributed by atoms with Gasteiger partial charge < -0.3 is 10.4 Å². The van der Waals surface area contributed by atoms with Crippen molar-refractivity contribution in [2.45, 2.75) is 12.6 Å². The molecule has 0 aliphatic carbocycles. The van der Waals surface area contributed by atoms with Crippen molar-refractivity contribution in [2.75, 3.05) is 18.5 Å². The van der Waals surface area contributed by atoms with Crippen molar-refractivity contribution < 1.29 is 18.3 Å². The van der Waals surface area contributed by atoms with E-state index in [1.807, 2.05) is 0 Å². The number of hydrogen-bond acceptors (Lipinski definition) is 6. The van der Waals surface area contributed by atoms with Gasteiger partial charge in [-0.3, -0.25) is 4.79 Å². The fraction of sp³-hybridized carbons (Fsp3) is 0.444. The smallest absolute Gasteiger partial charge is 0.396 e. The van der Waals surface area contributed by atoms with E-state index in [0.717, 1.165) is 11.3 Å². The summed E-state index contributed by atoms with van der Waals surface area (Å²) >= 11 is 0.840. The van der Waals surface area contributed by atoms with E-state index < -0.39 is 17.4 Å². The number of halogens is 3. The predicted molar refractivity (Wildman–Crippen MR) is 62.3 cm³/mol. The first-order valence-corrected chi connectivity index (χ1v) is 6.06. The van der Waals surface area contributed by atoms with Crippen LogP contribution in [0.4, 0.5) is 18.3 Å². The normalized spacial score (nSPS) is 12.0. The molecule has 6 nitrogen and oxygen atoms in total. The van der Waals surface area contributed by atoms with Crippen molar-refractivity contribution in [3.8, 4) is 0 Å². The molecule has 2 heterocycles. The quantitative estimate of drug-likeness (QED) is 0.821. The molecule has 104 valence electrons. The summed E-state index contributed by atoms with van der Waals surface area (Å²) in [6.45, 7) is 0.324. The van der Waals surface area contributed by atoms with Gasteiger partial charge >= 0.3 is 6.18 Å². The third kappa shape index (κ3) is 3.01. The van der Waals surface area contributed by atoms with Gasteiger partial charge in [0, 0.05) is 19.2 Å². The average Bonchev–Trinajstić information content (AvgIpc) is 2.69. The lowest BCUT2D eigenvalue weighted by molar-refractivity contribution is -0.142. The summed E-state index contributed by atoms with van der Waals surface area (Å²) in [5, 5.41) is 15.3. The Morgan fingerprint density at radius 3 is 2.84 bits per heavy atom. The van der Waals surface area contributed by atoms with E-state index in [-0.39, 0.29) is 16.7 Å². The highest BCUT2D eigenvalue weighted by Gasteiger charge is 2.35. The van der Waals surface area contributed by atoms with E-state index in [1.54, 1.807) is 0 Å². The Labute approximate surface area is 108 Å². The largest absolute Gasteiger partial charge is 0.433 e. The lowest BCUT2D eigenvalue weighted by atomic mass is 10.4. The monoisotopic (exact) mass is 294 g/mol. The third-order valence-corrected chi connectivity index (χ3v) is 3.02. The van der Waals surface area contributed by atoms with E-state index in [4.69, 9.17) is 5.11 Å². The fourth-order valence-corrected chi connectivity index (χ4v) is 2.19. The number of alkyl halides is 3. The lowest BCUT2D eigenvalue weighted by Gasteiger charge is -2.06. The Bertz CT molecular complexity index is 636. The van der Waals surface area contributed by atoms with E-state index in [2.05, 4.69) is 15.4 Å². The van der Waals surface area contributed by atoms with Crippen molar-refractivity contribution in [2.24, 2.45) is 0 Å². The maximum atomic E-state index is 12.7. The van der Waals surface area contributed by atoms with Gasteiger partial charge in [0.1, 0.15) is 0 Å². The molecule has 2 aromatic heterocycles. The summed E-state index contributed by atoms with van der Waals surface area (Å²) in [7, 11) is 0. The third-order valence-electron chi connectivity index (χ3n) is 2.16. The predicted octanol–water partition coefficient (Wildman–Crippen LogP) is 0.964. The Balaban J connectivity index is 2.44. The summed E-state index contributed by atoms with van der Waals surface area (Å²) in [6, 6.07) is 0.407. The number of aliphatic hydroxyl groups is 1. The number of aliphatic hydroxyl groups excluding tert-OH is 1. The molecular formula is C9H9F3N4O2S. The molecule has 19 heavy (non-hydrogen) atoms. The second kappa shape index (κ2) is 5.13. The molecule has 0 fully saturated rings. The average molecular weight is 294 g/mol. The van der Waals surface area contributed by atoms with Gasteiger partial charge in [-0.2, -0.15) is 22.7 Å². The summed E-state index contributed by atoms with van der Waals surface area (Å²) in [5.41, 5.74) is -2.12. The van der Waals surface area contributed by atoms with Crippen molar-refractivity contribution >= 4 is 21.4 Å². The van der Waals surface area contributed by atoms with Crippen LogP contribution in [0.5, 0.6) is 0 Å². The van der Waals surface area contributed by atoms with Crippen LogP contribution in [0.15, 0.2) is 10.9 Å². The first kappa shape index (κ1) is 13.7. The number of hydrogen-bond donors (Lipinski definition) is 2. The number of anilines is 1. The number of aromatic nitrogens is 3. The van der Waals surface area contributed by atoms with Crippen LogP contribution in [0.3, 0.4) is 0 Å². The molecule has 0 radical (unpaired) electrons. The molecule has 0 atom stereocenters. The zero-order valence-electron chi connectivity index (χ0n) is 9.44. The topological polar surface area (TPSA) is 79.5 Å². The second-order valence-corrected chi connectivity index (χ2v) is 4.54. The highest BCUT2D eigenvalue weighted by molar-refractivity contribution is 7.20. The molecule has 2 aromatic rings. The van der Waals surface area contributed by atoms with Crippen LogP contribution in [-0.2, 0) is 6.18 Å². The van der Waals surface area contributed by atoms with Crippen LogP contribution in [0, 0.1) is 0 Å². The molecule has 0 spiro atoms. The molecule has 10 heteroatoms. The van der Waals surface area contributed by atoms with Crippen LogP contribution in [-0.4, -0.2) is 32.9 Å². The van der Waals surface area contributed by atoms with Gasteiger partial charge in [0.2, 0.25) is 10.1 Å². The van der Waals surface area contributed by atoms with Crippen LogP contribution in [0.25, 0.3) is 4.96 Å². The van der Waals surface area contributed by atoms with Gasteiger partial charge in [-0.15, -0.1) is 5.10 Å². The Hall–Kier alpha value is -1.68. The minimum atomic E-state index is -4.68. The summed E-state index contributed by atoms with van der Waals surface area (Å²) in [4.78, 5) is 14.5. The van der Waals surface area contributed by atoms with Gasteiger partial charge in [-0.25, -0.2) is 0 Å². The highest BCUT2D eigenvalue weighted by Crippen LogP contribution is 2.30. The minimum absolute atomic E-state index is 0.0399. The second-order valence-electron chi connectivity index (χ2n) is 3.58. The summed E-state index contributed by atoms with van der Waals surface area (Å²) in [5.74, 6) is 0. The number of fused-ring (bicyclic) bond motifs is 1.